The van der Waals surface area contributed by atoms with Gasteiger partial charge in [0, 0.05) is 24.6 Å². The second-order valence-corrected chi connectivity index (χ2v) is 8.72. The Kier molecular flexibility index (Phi) is 3.34. The number of likely N-dealkylation sites (tertiary alicyclic amines) is 1. The molecule has 6 rings (SSSR count). The van der Waals surface area contributed by atoms with Gasteiger partial charge in [-0.2, -0.15) is 0 Å². The van der Waals surface area contributed by atoms with Gasteiger partial charge in [-0.15, -0.1) is 12.4 Å². The molecule has 0 aromatic heterocycles. The molecule has 2 bridgehead atoms. The van der Waals surface area contributed by atoms with Crippen LogP contribution in [0.25, 0.3) is 0 Å². The Bertz CT molecular complexity index is 809. The molecule has 3 fully saturated rings. The van der Waals surface area contributed by atoms with Crippen molar-refractivity contribution in [2.75, 3.05) is 13.1 Å². The highest BCUT2D eigenvalue weighted by Crippen LogP contribution is 2.64. The first-order chi connectivity index (χ1) is 12.0. The average molecular weight is 378 g/mol. The lowest BCUT2D eigenvalue weighted by Gasteiger charge is -2.62. The molecule has 2 aliphatic heterocycles. The molecule has 1 saturated heterocycles. The number of piperidine rings is 1. The minimum Gasteiger partial charge on any atom is -0.504 e. The van der Waals surface area contributed by atoms with E-state index in [1.54, 1.807) is 6.07 Å². The van der Waals surface area contributed by atoms with E-state index in [4.69, 9.17) is 4.74 Å². The van der Waals surface area contributed by atoms with Gasteiger partial charge < -0.3 is 14.9 Å². The number of phenols is 1. The molecule has 2 heterocycles. The number of ketones is 1. The quantitative estimate of drug-likeness (QED) is 0.824. The van der Waals surface area contributed by atoms with Gasteiger partial charge in [-0.1, -0.05) is 6.07 Å². The van der Waals surface area contributed by atoms with E-state index < -0.39 is 17.1 Å². The van der Waals surface area contributed by atoms with Crippen molar-refractivity contribution in [2.24, 2.45) is 5.92 Å². The van der Waals surface area contributed by atoms with E-state index >= 15 is 0 Å². The number of hydrogen-bond donors (Lipinski definition) is 2. The van der Waals surface area contributed by atoms with Crippen molar-refractivity contribution in [2.45, 2.75) is 61.7 Å². The maximum absolute atomic E-state index is 12.7. The third kappa shape index (κ3) is 1.77. The summed E-state index contributed by atoms with van der Waals surface area (Å²) in [5.41, 5.74) is 0.454. The van der Waals surface area contributed by atoms with Crippen LogP contribution in [-0.4, -0.2) is 51.7 Å². The Hall–Kier alpha value is -1.30. The standard InChI is InChI=1S/C20H23NO4.ClH/c22-13-4-3-12-9-15-20(24)6-5-14(23)18-19(20,16(12)17(13)25-18)7-8-21(15)10-11-1-2-11;/h3-4,11,15,18,22,24H,1-2,5-10H2;1H/t15-,18+,19+,20?;/m1./s1. The SMILES string of the molecule is Cl.O=C1CCC2(O)[C@H]3Cc4ccc(O)c5c4[C@@]2(CCN3CC2CC2)[C@H]1O5. The van der Waals surface area contributed by atoms with E-state index in [9.17, 15) is 15.0 Å². The average Bonchev–Trinajstić information content (AvgIpc) is 3.32. The molecule has 0 radical (unpaired) electrons. The lowest BCUT2D eigenvalue weighted by molar-refractivity contribution is -0.188. The number of nitrogens with zero attached hydrogens (tertiary/aromatic N) is 1. The van der Waals surface area contributed by atoms with Crippen molar-refractivity contribution in [3.63, 3.8) is 0 Å². The molecule has 1 unspecified atom stereocenters. The van der Waals surface area contributed by atoms with Crippen molar-refractivity contribution in [3.05, 3.63) is 23.3 Å². The number of aromatic hydroxyl groups is 1. The second-order valence-electron chi connectivity index (χ2n) is 8.72. The van der Waals surface area contributed by atoms with Crippen LogP contribution in [-0.2, 0) is 16.6 Å². The van der Waals surface area contributed by atoms with E-state index in [-0.39, 0.29) is 30.0 Å². The van der Waals surface area contributed by atoms with Crippen LogP contribution in [0.5, 0.6) is 11.5 Å². The first-order valence-corrected chi connectivity index (χ1v) is 9.56. The predicted octanol–water partition coefficient (Wildman–Crippen LogP) is 1.95. The molecule has 140 valence electrons. The summed E-state index contributed by atoms with van der Waals surface area (Å²) >= 11 is 0. The van der Waals surface area contributed by atoms with Gasteiger partial charge in [0.2, 0.25) is 0 Å². The van der Waals surface area contributed by atoms with Crippen LogP contribution >= 0.6 is 12.4 Å². The summed E-state index contributed by atoms with van der Waals surface area (Å²) in [5.74, 6) is 1.39. The fourth-order valence-corrected chi connectivity index (χ4v) is 6.26. The van der Waals surface area contributed by atoms with E-state index in [2.05, 4.69) is 4.90 Å². The molecule has 0 amide bonds. The number of carbonyl (C=O) groups is 1. The summed E-state index contributed by atoms with van der Waals surface area (Å²) in [6, 6.07) is 3.69. The minimum absolute atomic E-state index is 0. The number of rotatable bonds is 2. The maximum Gasteiger partial charge on any atom is 0.174 e. The molecule has 1 aromatic carbocycles. The summed E-state index contributed by atoms with van der Waals surface area (Å²) in [5, 5.41) is 22.3. The van der Waals surface area contributed by atoms with Gasteiger partial charge in [0.1, 0.15) is 0 Å². The molecule has 5 aliphatic rings. The van der Waals surface area contributed by atoms with Crippen molar-refractivity contribution in [1.29, 1.82) is 0 Å². The van der Waals surface area contributed by atoms with Crippen LogP contribution in [0.15, 0.2) is 12.1 Å². The molecule has 1 spiro atoms. The molecule has 1 aromatic rings. The van der Waals surface area contributed by atoms with Gasteiger partial charge in [-0.05, 0) is 56.2 Å². The zero-order valence-corrected chi connectivity index (χ0v) is 15.4. The largest absolute Gasteiger partial charge is 0.504 e. The number of halogens is 1. The van der Waals surface area contributed by atoms with E-state index in [0.29, 0.717) is 18.6 Å². The Labute approximate surface area is 158 Å². The Morgan fingerprint density at radius 2 is 2.08 bits per heavy atom. The van der Waals surface area contributed by atoms with Crippen LogP contribution in [0.1, 0.15) is 43.2 Å². The van der Waals surface area contributed by atoms with Gasteiger partial charge in [-0.25, -0.2) is 0 Å². The van der Waals surface area contributed by atoms with Crippen molar-refractivity contribution in [1.82, 2.24) is 4.90 Å². The van der Waals surface area contributed by atoms with Crippen LogP contribution in [0.2, 0.25) is 0 Å². The maximum atomic E-state index is 12.7. The molecule has 5 nitrogen and oxygen atoms in total. The van der Waals surface area contributed by atoms with Gasteiger partial charge in [0.25, 0.3) is 0 Å². The zero-order chi connectivity index (χ0) is 17.0. The topological polar surface area (TPSA) is 70.0 Å². The summed E-state index contributed by atoms with van der Waals surface area (Å²) in [6.07, 6.45) is 4.33. The Balaban J connectivity index is 0.00000150. The molecular formula is C20H24ClNO4. The van der Waals surface area contributed by atoms with Crippen molar-refractivity contribution < 1.29 is 19.7 Å². The molecule has 4 atom stereocenters. The third-order valence-electron chi connectivity index (χ3n) is 7.56. The van der Waals surface area contributed by atoms with Gasteiger partial charge in [0.15, 0.2) is 23.4 Å². The number of carbonyl (C=O) groups excluding carboxylic acids is 1. The molecule has 2 N–H and O–H groups in total. The Morgan fingerprint density at radius 3 is 2.85 bits per heavy atom. The normalized spacial score (nSPS) is 39.8. The number of aliphatic hydroxyl groups is 1. The molecule has 3 aliphatic carbocycles. The summed E-state index contributed by atoms with van der Waals surface area (Å²) in [7, 11) is 0. The first-order valence-electron chi connectivity index (χ1n) is 9.56. The van der Waals surface area contributed by atoms with E-state index in [1.165, 1.54) is 12.8 Å². The van der Waals surface area contributed by atoms with Gasteiger partial charge >= 0.3 is 0 Å². The first kappa shape index (κ1) is 16.8. The number of benzene rings is 1. The highest BCUT2D eigenvalue weighted by molar-refractivity contribution is 5.90. The van der Waals surface area contributed by atoms with Crippen LogP contribution in [0.3, 0.4) is 0 Å². The lowest BCUT2D eigenvalue weighted by Crippen LogP contribution is -2.76. The molecule has 6 heteroatoms. The smallest absolute Gasteiger partial charge is 0.174 e. The molecule has 2 saturated carbocycles. The number of phenolic OH excluding ortho intramolecular Hbond substituents is 1. The predicted molar refractivity (Wildman–Crippen MR) is 97.0 cm³/mol. The van der Waals surface area contributed by atoms with Gasteiger partial charge in [0.05, 0.1) is 11.0 Å². The zero-order valence-electron chi connectivity index (χ0n) is 14.6. The number of hydrogen-bond acceptors (Lipinski definition) is 5. The molecular weight excluding hydrogens is 354 g/mol. The number of Topliss-reactive ketones (excluding diaryl/α,β-unsaturated/α-hetero) is 1. The monoisotopic (exact) mass is 377 g/mol. The van der Waals surface area contributed by atoms with Crippen LogP contribution in [0, 0.1) is 5.92 Å². The Morgan fingerprint density at radius 1 is 1.27 bits per heavy atom. The fraction of sp³-hybridized carbons (Fsp3) is 0.650. The highest BCUT2D eigenvalue weighted by Gasteiger charge is 2.73. The summed E-state index contributed by atoms with van der Waals surface area (Å²) in [6.45, 7) is 1.95. The second kappa shape index (κ2) is 5.15. The number of ether oxygens (including phenoxy) is 1. The third-order valence-corrected chi connectivity index (χ3v) is 7.56. The summed E-state index contributed by atoms with van der Waals surface area (Å²) < 4.78 is 6.04. The van der Waals surface area contributed by atoms with Crippen molar-refractivity contribution in [3.8, 4) is 11.5 Å². The highest BCUT2D eigenvalue weighted by atomic mass is 35.5. The minimum atomic E-state index is -0.940. The van der Waals surface area contributed by atoms with Crippen molar-refractivity contribution >= 4 is 18.2 Å². The van der Waals surface area contributed by atoms with E-state index in [0.717, 1.165) is 43.0 Å². The van der Waals surface area contributed by atoms with E-state index in [1.807, 2.05) is 6.07 Å². The van der Waals surface area contributed by atoms with Gasteiger partial charge in [-0.3, -0.25) is 9.69 Å². The fourth-order valence-electron chi connectivity index (χ4n) is 6.26. The van der Waals surface area contributed by atoms with Crippen LogP contribution < -0.4 is 4.74 Å². The van der Waals surface area contributed by atoms with Crippen LogP contribution in [0.4, 0.5) is 0 Å². The lowest BCUT2D eigenvalue weighted by atomic mass is 9.49. The summed E-state index contributed by atoms with van der Waals surface area (Å²) in [4.78, 5) is 15.2. The molecule has 26 heavy (non-hydrogen) atoms.